The maximum Gasteiger partial charge on any atom is 0.243 e. The summed E-state index contributed by atoms with van der Waals surface area (Å²) in [6.07, 6.45) is 1.02. The lowest BCUT2D eigenvalue weighted by molar-refractivity contribution is -0.128. The van der Waals surface area contributed by atoms with E-state index in [1.54, 1.807) is 32.2 Å². The van der Waals surface area contributed by atoms with Gasteiger partial charge in [-0.15, -0.1) is 0 Å². The van der Waals surface area contributed by atoms with E-state index >= 15 is 0 Å². The largest absolute Gasteiger partial charge is 0.497 e. The summed E-state index contributed by atoms with van der Waals surface area (Å²) in [5.41, 5.74) is 1.25. The van der Waals surface area contributed by atoms with E-state index in [0.717, 1.165) is 32.6 Å². The molecule has 0 saturated carbocycles. The summed E-state index contributed by atoms with van der Waals surface area (Å²) < 4.78 is 42.0. The molecule has 0 aliphatic heterocycles. The number of para-hydroxylation sites is 1. The van der Waals surface area contributed by atoms with Crippen molar-refractivity contribution in [2.24, 2.45) is 0 Å². The van der Waals surface area contributed by atoms with Crippen molar-refractivity contribution in [3.05, 3.63) is 65.7 Å². The molecular formula is C24H27NO6S. The number of hydrogen-bond donors (Lipinski definition) is 0. The van der Waals surface area contributed by atoms with Crippen LogP contribution in [0.15, 0.2) is 54.6 Å². The molecule has 32 heavy (non-hydrogen) atoms. The molecule has 7 nitrogen and oxygen atoms in total. The average molecular weight is 458 g/mol. The number of sulfonamides is 1. The fraction of sp³-hybridized carbons (Fsp3) is 0.292. The van der Waals surface area contributed by atoms with Gasteiger partial charge in [-0.05, 0) is 41.5 Å². The molecule has 0 radical (unpaired) electrons. The van der Waals surface area contributed by atoms with Crippen LogP contribution in [0.25, 0.3) is 10.8 Å². The molecule has 170 valence electrons. The Bertz CT molecular complexity index is 1240. The van der Waals surface area contributed by atoms with Gasteiger partial charge in [-0.25, -0.2) is 12.7 Å². The first-order valence-corrected chi connectivity index (χ1v) is 11.8. The van der Waals surface area contributed by atoms with Crippen LogP contribution in [-0.4, -0.2) is 46.2 Å². The van der Waals surface area contributed by atoms with E-state index in [9.17, 15) is 13.2 Å². The fourth-order valence-electron chi connectivity index (χ4n) is 3.59. The van der Waals surface area contributed by atoms with Gasteiger partial charge >= 0.3 is 0 Å². The molecule has 0 fully saturated rings. The molecule has 0 aliphatic carbocycles. The van der Waals surface area contributed by atoms with E-state index in [4.69, 9.17) is 14.2 Å². The highest BCUT2D eigenvalue weighted by Gasteiger charge is 2.30. The van der Waals surface area contributed by atoms with Crippen molar-refractivity contribution >= 4 is 26.7 Å². The second-order valence-electron chi connectivity index (χ2n) is 7.45. The topological polar surface area (TPSA) is 82.1 Å². The first-order chi connectivity index (χ1) is 15.2. The van der Waals surface area contributed by atoms with Gasteiger partial charge in [0, 0.05) is 5.56 Å². The standard InChI is InChI=1S/C24H27NO6S/c1-16(17-9-10-19-14-21(29-2)12-11-18(19)13-17)24(26)25(32(5,27)28)15-20-7-6-8-22(30-3)23(20)31-4/h6-14,16H,15H2,1-5H3/t16-/m0/s1. The molecule has 3 aromatic carbocycles. The Morgan fingerprint density at radius 1 is 0.938 bits per heavy atom. The van der Waals surface area contributed by atoms with Crippen molar-refractivity contribution in [2.75, 3.05) is 27.6 Å². The van der Waals surface area contributed by atoms with Crippen LogP contribution < -0.4 is 14.2 Å². The molecule has 0 heterocycles. The minimum Gasteiger partial charge on any atom is -0.497 e. The molecule has 0 bridgehead atoms. The minimum atomic E-state index is -3.84. The molecule has 0 aromatic heterocycles. The van der Waals surface area contributed by atoms with Gasteiger partial charge in [0.25, 0.3) is 0 Å². The lowest BCUT2D eigenvalue weighted by Crippen LogP contribution is -2.38. The summed E-state index contributed by atoms with van der Waals surface area (Å²) in [5.74, 6) is 0.399. The number of methoxy groups -OCH3 is 3. The van der Waals surface area contributed by atoms with Crippen molar-refractivity contribution in [3.63, 3.8) is 0 Å². The van der Waals surface area contributed by atoms with Gasteiger partial charge in [0.2, 0.25) is 15.9 Å². The van der Waals surface area contributed by atoms with Gasteiger partial charge < -0.3 is 14.2 Å². The van der Waals surface area contributed by atoms with Gasteiger partial charge in [0.05, 0.1) is 40.0 Å². The Balaban J connectivity index is 1.95. The lowest BCUT2D eigenvalue weighted by Gasteiger charge is -2.25. The summed E-state index contributed by atoms with van der Waals surface area (Å²) in [6, 6.07) is 16.4. The zero-order chi connectivity index (χ0) is 23.5. The number of fused-ring (bicyclic) bond motifs is 1. The van der Waals surface area contributed by atoms with Crippen LogP contribution in [0.3, 0.4) is 0 Å². The summed E-state index contributed by atoms with van der Waals surface area (Å²) in [4.78, 5) is 13.3. The monoisotopic (exact) mass is 457 g/mol. The van der Waals surface area contributed by atoms with Gasteiger partial charge in [-0.2, -0.15) is 0 Å². The predicted molar refractivity (Wildman–Crippen MR) is 124 cm³/mol. The van der Waals surface area contributed by atoms with E-state index in [-0.39, 0.29) is 6.54 Å². The zero-order valence-corrected chi connectivity index (χ0v) is 19.6. The summed E-state index contributed by atoms with van der Waals surface area (Å²) in [6.45, 7) is 1.54. The molecule has 0 unspecified atom stereocenters. The van der Waals surface area contributed by atoms with Gasteiger partial charge in [-0.1, -0.05) is 36.4 Å². The number of nitrogens with zero attached hydrogens (tertiary/aromatic N) is 1. The summed E-state index contributed by atoms with van der Waals surface area (Å²) >= 11 is 0. The maximum atomic E-state index is 13.3. The number of benzene rings is 3. The molecular weight excluding hydrogens is 430 g/mol. The fourth-order valence-corrected chi connectivity index (χ4v) is 4.45. The molecule has 0 saturated heterocycles. The molecule has 0 spiro atoms. The molecule has 0 aliphatic rings. The molecule has 8 heteroatoms. The van der Waals surface area contributed by atoms with Crippen molar-refractivity contribution in [2.45, 2.75) is 19.4 Å². The SMILES string of the molecule is COc1ccc2cc([C@H](C)C(=O)N(Cc3cccc(OC)c3OC)S(C)(=O)=O)ccc2c1. The molecule has 1 atom stereocenters. The van der Waals surface area contributed by atoms with Gasteiger partial charge in [0.15, 0.2) is 11.5 Å². The van der Waals surface area contributed by atoms with Gasteiger partial charge in [0.1, 0.15) is 5.75 Å². The highest BCUT2D eigenvalue weighted by Crippen LogP contribution is 2.33. The second kappa shape index (κ2) is 9.48. The van der Waals surface area contributed by atoms with E-state index < -0.39 is 21.8 Å². The van der Waals surface area contributed by atoms with Crippen LogP contribution >= 0.6 is 0 Å². The number of hydrogen-bond acceptors (Lipinski definition) is 6. The lowest BCUT2D eigenvalue weighted by atomic mass is 9.97. The highest BCUT2D eigenvalue weighted by molar-refractivity contribution is 7.88. The van der Waals surface area contributed by atoms with E-state index in [1.807, 2.05) is 36.4 Å². The van der Waals surface area contributed by atoms with Crippen LogP contribution in [0, 0.1) is 0 Å². The van der Waals surface area contributed by atoms with Crippen molar-refractivity contribution in [1.29, 1.82) is 0 Å². The number of rotatable bonds is 8. The van der Waals surface area contributed by atoms with Crippen LogP contribution in [0.5, 0.6) is 17.2 Å². The van der Waals surface area contributed by atoms with E-state index in [2.05, 4.69) is 0 Å². The van der Waals surface area contributed by atoms with Crippen molar-refractivity contribution in [1.82, 2.24) is 4.31 Å². The van der Waals surface area contributed by atoms with E-state index in [0.29, 0.717) is 17.1 Å². The average Bonchev–Trinajstić information content (AvgIpc) is 2.79. The Morgan fingerprint density at radius 2 is 1.62 bits per heavy atom. The van der Waals surface area contributed by atoms with Crippen LogP contribution in [0.4, 0.5) is 0 Å². The Morgan fingerprint density at radius 3 is 2.25 bits per heavy atom. The second-order valence-corrected chi connectivity index (χ2v) is 9.36. The number of amides is 1. The number of carbonyl (C=O) groups excluding carboxylic acids is 1. The smallest absolute Gasteiger partial charge is 0.243 e. The number of ether oxygens (including phenoxy) is 3. The van der Waals surface area contributed by atoms with Gasteiger partial charge in [-0.3, -0.25) is 4.79 Å². The Kier molecular flexibility index (Phi) is 6.93. The third kappa shape index (κ3) is 4.80. The molecule has 3 aromatic rings. The normalized spacial score (nSPS) is 12.3. The minimum absolute atomic E-state index is 0.160. The third-order valence-corrected chi connectivity index (χ3v) is 6.50. The number of carbonyl (C=O) groups is 1. The van der Waals surface area contributed by atoms with Crippen LogP contribution in [-0.2, 0) is 21.4 Å². The zero-order valence-electron chi connectivity index (χ0n) is 18.8. The Hall–Kier alpha value is -3.26. The quantitative estimate of drug-likeness (QED) is 0.509. The summed E-state index contributed by atoms with van der Waals surface area (Å²) in [7, 11) is 0.735. The van der Waals surface area contributed by atoms with Crippen LogP contribution in [0.1, 0.15) is 24.0 Å². The summed E-state index contributed by atoms with van der Waals surface area (Å²) in [5, 5.41) is 1.90. The maximum absolute atomic E-state index is 13.3. The Labute approximate surface area is 188 Å². The third-order valence-electron chi connectivity index (χ3n) is 5.39. The molecule has 3 rings (SSSR count). The van der Waals surface area contributed by atoms with Crippen molar-refractivity contribution in [3.8, 4) is 17.2 Å². The first-order valence-electron chi connectivity index (χ1n) is 9.98. The molecule has 0 N–H and O–H groups in total. The molecule has 1 amide bonds. The predicted octanol–water partition coefficient (Wildman–Crippen LogP) is 3.96. The highest BCUT2D eigenvalue weighted by atomic mass is 32.2. The van der Waals surface area contributed by atoms with Crippen LogP contribution in [0.2, 0.25) is 0 Å². The van der Waals surface area contributed by atoms with Crippen molar-refractivity contribution < 1.29 is 27.4 Å². The first kappa shape index (κ1) is 23.4. The van der Waals surface area contributed by atoms with E-state index in [1.165, 1.54) is 14.2 Å².